The number of hydrogen-bond donors (Lipinski definition) is 1. The van der Waals surface area contributed by atoms with Crippen molar-refractivity contribution in [2.45, 2.75) is 45.1 Å². The van der Waals surface area contributed by atoms with Gasteiger partial charge in [0.25, 0.3) is 0 Å². The van der Waals surface area contributed by atoms with Gasteiger partial charge < -0.3 is 10.2 Å². The van der Waals surface area contributed by atoms with Crippen LogP contribution in [0, 0.1) is 0 Å². The quantitative estimate of drug-likeness (QED) is 0.868. The van der Waals surface area contributed by atoms with Crippen LogP contribution in [0.1, 0.15) is 38.2 Å². The highest BCUT2D eigenvalue weighted by atomic mass is 15.1. The number of hydrogen-bond acceptors (Lipinski definition) is 4. The molecular formula is C14H24N4. The van der Waals surface area contributed by atoms with Crippen molar-refractivity contribution in [3.63, 3.8) is 0 Å². The van der Waals surface area contributed by atoms with Crippen molar-refractivity contribution in [3.05, 3.63) is 18.0 Å². The van der Waals surface area contributed by atoms with Gasteiger partial charge in [-0.15, -0.1) is 0 Å². The van der Waals surface area contributed by atoms with Gasteiger partial charge in [0.15, 0.2) is 0 Å². The number of nitrogens with zero attached hydrogens (tertiary/aromatic N) is 3. The highest BCUT2D eigenvalue weighted by molar-refractivity contribution is 5.24. The fourth-order valence-corrected chi connectivity index (χ4v) is 2.49. The highest BCUT2D eigenvalue weighted by Crippen LogP contribution is 2.17. The molecule has 4 heteroatoms. The molecule has 0 spiro atoms. The maximum Gasteiger partial charge on any atom is 0.222 e. The summed E-state index contributed by atoms with van der Waals surface area (Å²) in [5.74, 6) is 0.755. The monoisotopic (exact) mass is 248 g/mol. The predicted octanol–water partition coefficient (Wildman–Crippen LogP) is 2.33. The molecule has 1 N–H and O–H groups in total. The van der Waals surface area contributed by atoms with Gasteiger partial charge in [0.2, 0.25) is 5.95 Å². The van der Waals surface area contributed by atoms with Crippen molar-refractivity contribution < 1.29 is 0 Å². The van der Waals surface area contributed by atoms with Gasteiger partial charge >= 0.3 is 0 Å². The molecule has 18 heavy (non-hydrogen) atoms. The summed E-state index contributed by atoms with van der Waals surface area (Å²) in [5, 5.41) is 3.31. The second kappa shape index (κ2) is 6.69. The van der Waals surface area contributed by atoms with E-state index in [-0.39, 0.29) is 0 Å². The Balaban J connectivity index is 1.73. The summed E-state index contributed by atoms with van der Waals surface area (Å²) in [6.45, 7) is 4.32. The lowest BCUT2D eigenvalue weighted by atomic mass is 10.0. The van der Waals surface area contributed by atoms with E-state index in [4.69, 9.17) is 0 Å². The van der Waals surface area contributed by atoms with Gasteiger partial charge in [0, 0.05) is 25.0 Å². The van der Waals surface area contributed by atoms with Gasteiger partial charge in [-0.1, -0.05) is 13.3 Å². The number of nitrogens with one attached hydrogen (secondary N) is 1. The van der Waals surface area contributed by atoms with Gasteiger partial charge in [0.1, 0.15) is 0 Å². The lowest BCUT2D eigenvalue weighted by Crippen LogP contribution is -2.37. The van der Waals surface area contributed by atoms with Crippen LogP contribution >= 0.6 is 0 Å². The van der Waals surface area contributed by atoms with Crippen LogP contribution in [0.25, 0.3) is 0 Å². The number of likely N-dealkylation sites (tertiary alicyclic amines) is 1. The van der Waals surface area contributed by atoms with Crippen LogP contribution in [-0.2, 0) is 6.42 Å². The first kappa shape index (κ1) is 13.3. The van der Waals surface area contributed by atoms with Gasteiger partial charge in [0.05, 0.1) is 0 Å². The largest absolute Gasteiger partial charge is 0.354 e. The molecule has 2 heterocycles. The van der Waals surface area contributed by atoms with E-state index in [0.29, 0.717) is 0 Å². The molecule has 1 atom stereocenters. The first-order chi connectivity index (χ1) is 8.79. The Morgan fingerprint density at radius 1 is 1.33 bits per heavy atom. The minimum absolute atomic E-state index is 0.723. The highest BCUT2D eigenvalue weighted by Gasteiger charge is 2.17. The predicted molar refractivity (Wildman–Crippen MR) is 74.8 cm³/mol. The molecule has 100 valence electrons. The SMILES string of the molecule is CCc1cnc(NCC[C@H]2CCCCN2C)nc1. The maximum atomic E-state index is 4.32. The molecule has 1 saturated heterocycles. The van der Waals surface area contributed by atoms with Crippen molar-refractivity contribution in [2.75, 3.05) is 25.5 Å². The van der Waals surface area contributed by atoms with E-state index < -0.39 is 0 Å². The number of aryl methyl sites for hydroxylation is 1. The molecule has 1 aliphatic rings. The first-order valence-electron chi connectivity index (χ1n) is 7.04. The number of piperidine rings is 1. The molecule has 1 aromatic heterocycles. The van der Waals surface area contributed by atoms with Crippen LogP contribution in [0.5, 0.6) is 0 Å². The molecule has 0 bridgehead atoms. The summed E-state index contributed by atoms with van der Waals surface area (Å²) in [6.07, 6.45) is 10.0. The van der Waals surface area contributed by atoms with E-state index >= 15 is 0 Å². The lowest BCUT2D eigenvalue weighted by Gasteiger charge is -2.32. The Labute approximate surface area is 110 Å². The molecule has 0 saturated carbocycles. The molecule has 0 aliphatic carbocycles. The maximum absolute atomic E-state index is 4.32. The Kier molecular flexibility index (Phi) is 4.93. The van der Waals surface area contributed by atoms with Crippen molar-refractivity contribution in [3.8, 4) is 0 Å². The summed E-state index contributed by atoms with van der Waals surface area (Å²) in [6, 6.07) is 0.723. The van der Waals surface area contributed by atoms with Crippen molar-refractivity contribution >= 4 is 5.95 Å². The van der Waals surface area contributed by atoms with Gasteiger partial charge in [-0.2, -0.15) is 0 Å². The Hall–Kier alpha value is -1.16. The van der Waals surface area contributed by atoms with Crippen LogP contribution in [0.15, 0.2) is 12.4 Å². The molecule has 1 aromatic rings. The third kappa shape index (κ3) is 3.67. The summed E-state index contributed by atoms with van der Waals surface area (Å²) in [5.41, 5.74) is 1.19. The topological polar surface area (TPSA) is 41.1 Å². The zero-order chi connectivity index (χ0) is 12.8. The van der Waals surface area contributed by atoms with Crippen molar-refractivity contribution in [1.82, 2.24) is 14.9 Å². The van der Waals surface area contributed by atoms with Crippen LogP contribution in [0.4, 0.5) is 5.95 Å². The molecule has 0 radical (unpaired) electrons. The molecule has 2 rings (SSSR count). The summed E-state index contributed by atoms with van der Waals surface area (Å²) in [4.78, 5) is 11.1. The van der Waals surface area contributed by atoms with Crippen LogP contribution in [0.2, 0.25) is 0 Å². The van der Waals surface area contributed by atoms with Crippen molar-refractivity contribution in [1.29, 1.82) is 0 Å². The van der Waals surface area contributed by atoms with E-state index in [9.17, 15) is 0 Å². The van der Waals surface area contributed by atoms with Gasteiger partial charge in [-0.05, 0) is 44.8 Å². The minimum atomic E-state index is 0.723. The van der Waals surface area contributed by atoms with Crippen LogP contribution < -0.4 is 5.32 Å². The van der Waals surface area contributed by atoms with Crippen LogP contribution in [0.3, 0.4) is 0 Å². The van der Waals surface area contributed by atoms with Crippen molar-refractivity contribution in [2.24, 2.45) is 0 Å². The second-order valence-electron chi connectivity index (χ2n) is 5.11. The van der Waals surface area contributed by atoms with E-state index in [1.807, 2.05) is 12.4 Å². The minimum Gasteiger partial charge on any atom is -0.354 e. The Bertz CT molecular complexity index is 349. The van der Waals surface area contributed by atoms with E-state index in [0.717, 1.165) is 25.0 Å². The molecule has 1 fully saturated rings. The van der Waals surface area contributed by atoms with E-state index in [2.05, 4.69) is 34.2 Å². The van der Waals surface area contributed by atoms with Gasteiger partial charge in [-0.25, -0.2) is 9.97 Å². The molecule has 0 amide bonds. The zero-order valence-corrected chi connectivity index (χ0v) is 11.5. The molecule has 1 aliphatic heterocycles. The average molecular weight is 248 g/mol. The summed E-state index contributed by atoms with van der Waals surface area (Å²) < 4.78 is 0. The van der Waals surface area contributed by atoms with E-state index in [1.54, 1.807) is 0 Å². The fourth-order valence-electron chi connectivity index (χ4n) is 2.49. The Morgan fingerprint density at radius 3 is 2.78 bits per heavy atom. The zero-order valence-electron chi connectivity index (χ0n) is 11.5. The molecule has 0 aromatic carbocycles. The molecule has 4 nitrogen and oxygen atoms in total. The Morgan fingerprint density at radius 2 is 2.11 bits per heavy atom. The lowest BCUT2D eigenvalue weighted by molar-refractivity contribution is 0.179. The normalized spacial score (nSPS) is 20.9. The fraction of sp³-hybridized carbons (Fsp3) is 0.714. The number of aromatic nitrogens is 2. The molecule has 0 unspecified atom stereocenters. The smallest absolute Gasteiger partial charge is 0.222 e. The van der Waals surface area contributed by atoms with Gasteiger partial charge in [-0.3, -0.25) is 0 Å². The third-order valence-electron chi connectivity index (χ3n) is 3.80. The second-order valence-corrected chi connectivity index (χ2v) is 5.11. The standard InChI is InChI=1S/C14H24N4/c1-3-12-10-16-14(17-11-12)15-8-7-13-6-4-5-9-18(13)2/h10-11,13H,3-9H2,1-2H3,(H,15,16,17)/t13-/m1/s1. The summed E-state index contributed by atoms with van der Waals surface area (Å²) in [7, 11) is 2.23. The third-order valence-corrected chi connectivity index (χ3v) is 3.80. The average Bonchev–Trinajstić information content (AvgIpc) is 2.42. The molecular weight excluding hydrogens is 224 g/mol. The van der Waals surface area contributed by atoms with E-state index in [1.165, 1.54) is 37.8 Å². The number of rotatable bonds is 5. The number of anilines is 1. The first-order valence-corrected chi connectivity index (χ1v) is 7.04. The summed E-state index contributed by atoms with van der Waals surface area (Å²) >= 11 is 0. The van der Waals surface area contributed by atoms with Crippen LogP contribution in [-0.4, -0.2) is 41.0 Å².